The van der Waals surface area contributed by atoms with Crippen molar-refractivity contribution < 1.29 is 28.4 Å². The van der Waals surface area contributed by atoms with Crippen molar-refractivity contribution in [2.24, 2.45) is 0 Å². The van der Waals surface area contributed by atoms with E-state index in [1.165, 1.54) is 0 Å². The van der Waals surface area contributed by atoms with Crippen molar-refractivity contribution in [3.8, 4) is 28.7 Å². The van der Waals surface area contributed by atoms with Crippen LogP contribution in [0.3, 0.4) is 0 Å². The van der Waals surface area contributed by atoms with Gasteiger partial charge in [-0.25, -0.2) is 0 Å². The van der Waals surface area contributed by atoms with E-state index in [1.807, 2.05) is 24.3 Å². The summed E-state index contributed by atoms with van der Waals surface area (Å²) in [5.74, 6) is 3.68. The van der Waals surface area contributed by atoms with E-state index in [9.17, 15) is 0 Å². The summed E-state index contributed by atoms with van der Waals surface area (Å²) < 4.78 is 33.5. The molecule has 2 aliphatic rings. The van der Waals surface area contributed by atoms with Gasteiger partial charge in [0.05, 0.1) is 27.4 Å². The lowest BCUT2D eigenvalue weighted by Gasteiger charge is -2.26. The van der Waals surface area contributed by atoms with Gasteiger partial charge in [0.2, 0.25) is 12.5 Å². The molecule has 0 aromatic heterocycles. The van der Waals surface area contributed by atoms with Gasteiger partial charge in [-0.3, -0.25) is 4.90 Å². The van der Waals surface area contributed by atoms with E-state index in [-0.39, 0.29) is 12.9 Å². The maximum atomic E-state index is 5.91. The molecule has 0 saturated carbocycles. The first-order valence-electron chi connectivity index (χ1n) is 10.2. The Hall–Kier alpha value is -2.64. The molecule has 1 atom stereocenters. The van der Waals surface area contributed by atoms with Crippen LogP contribution in [0, 0.1) is 0 Å². The van der Waals surface area contributed by atoms with E-state index < -0.39 is 0 Å². The molecule has 0 N–H and O–H groups in total. The van der Waals surface area contributed by atoms with Crippen molar-refractivity contribution in [3.63, 3.8) is 0 Å². The summed E-state index contributed by atoms with van der Waals surface area (Å²) in [7, 11) is 4.99. The minimum Gasteiger partial charge on any atom is -0.497 e. The number of hydrogen-bond donors (Lipinski definition) is 0. The first-order chi connectivity index (χ1) is 14.7. The molecule has 1 fully saturated rings. The van der Waals surface area contributed by atoms with Gasteiger partial charge in [0, 0.05) is 37.9 Å². The van der Waals surface area contributed by atoms with Crippen LogP contribution in [-0.2, 0) is 17.8 Å². The Balaban J connectivity index is 1.57. The van der Waals surface area contributed by atoms with Crippen LogP contribution < -0.4 is 23.7 Å². The Labute approximate surface area is 177 Å². The van der Waals surface area contributed by atoms with Crippen molar-refractivity contribution in [3.05, 3.63) is 41.5 Å². The van der Waals surface area contributed by atoms with Crippen LogP contribution in [0.25, 0.3) is 0 Å². The topological polar surface area (TPSA) is 58.6 Å². The van der Waals surface area contributed by atoms with Gasteiger partial charge >= 0.3 is 0 Å². The van der Waals surface area contributed by atoms with E-state index in [4.69, 9.17) is 28.4 Å². The van der Waals surface area contributed by atoms with Crippen molar-refractivity contribution in [1.82, 2.24) is 4.90 Å². The van der Waals surface area contributed by atoms with Gasteiger partial charge < -0.3 is 28.4 Å². The van der Waals surface area contributed by atoms with E-state index in [0.717, 1.165) is 67.5 Å². The average molecular weight is 415 g/mol. The second-order valence-electron chi connectivity index (χ2n) is 7.51. The monoisotopic (exact) mass is 415 g/mol. The smallest absolute Gasteiger partial charge is 0.231 e. The van der Waals surface area contributed by atoms with Crippen molar-refractivity contribution >= 4 is 0 Å². The fraction of sp³-hybridized carbons (Fsp3) is 0.478. The van der Waals surface area contributed by atoms with Crippen LogP contribution in [-0.4, -0.2) is 52.3 Å². The molecule has 4 rings (SSSR count). The van der Waals surface area contributed by atoms with Crippen molar-refractivity contribution in [2.75, 3.05) is 41.3 Å². The van der Waals surface area contributed by atoms with Crippen LogP contribution in [0.15, 0.2) is 30.3 Å². The third-order valence-corrected chi connectivity index (χ3v) is 5.50. The van der Waals surface area contributed by atoms with Crippen molar-refractivity contribution in [2.45, 2.75) is 32.0 Å². The molecule has 162 valence electrons. The highest BCUT2D eigenvalue weighted by atomic mass is 16.7. The fourth-order valence-corrected chi connectivity index (χ4v) is 4.02. The van der Waals surface area contributed by atoms with Crippen LogP contribution in [0.2, 0.25) is 0 Å². The number of fused-ring (bicyclic) bond motifs is 1. The van der Waals surface area contributed by atoms with Gasteiger partial charge in [-0.2, -0.15) is 0 Å². The van der Waals surface area contributed by atoms with Crippen LogP contribution in [0.4, 0.5) is 0 Å². The predicted molar refractivity (Wildman–Crippen MR) is 112 cm³/mol. The zero-order chi connectivity index (χ0) is 20.9. The summed E-state index contributed by atoms with van der Waals surface area (Å²) >= 11 is 0. The molecule has 0 radical (unpaired) electrons. The van der Waals surface area contributed by atoms with Crippen LogP contribution >= 0.6 is 0 Å². The molecule has 7 heteroatoms. The Kier molecular flexibility index (Phi) is 6.50. The first-order valence-corrected chi connectivity index (χ1v) is 10.2. The lowest BCUT2D eigenvalue weighted by Crippen LogP contribution is -2.31. The van der Waals surface area contributed by atoms with E-state index in [2.05, 4.69) is 11.0 Å². The average Bonchev–Trinajstić information content (AvgIpc) is 3.45. The number of benzene rings is 2. The molecule has 0 bridgehead atoms. The zero-order valence-electron chi connectivity index (χ0n) is 17.8. The number of methoxy groups -OCH3 is 3. The van der Waals surface area contributed by atoms with E-state index >= 15 is 0 Å². The number of hydrogen-bond acceptors (Lipinski definition) is 7. The summed E-state index contributed by atoms with van der Waals surface area (Å²) in [5.41, 5.74) is 2.20. The second kappa shape index (κ2) is 9.45. The molecule has 2 aromatic carbocycles. The number of rotatable bonds is 9. The predicted octanol–water partition coefficient (Wildman–Crippen LogP) is 3.62. The minimum absolute atomic E-state index is 0.220. The van der Waals surface area contributed by atoms with Gasteiger partial charge in [-0.1, -0.05) is 6.07 Å². The highest BCUT2D eigenvalue weighted by molar-refractivity contribution is 5.55. The molecule has 2 heterocycles. The third kappa shape index (κ3) is 4.57. The van der Waals surface area contributed by atoms with Gasteiger partial charge in [-0.15, -0.1) is 0 Å². The summed E-state index contributed by atoms with van der Waals surface area (Å²) in [5, 5.41) is 0. The third-order valence-electron chi connectivity index (χ3n) is 5.50. The molecule has 0 spiro atoms. The molecule has 0 aliphatic carbocycles. The number of ether oxygens (including phenoxy) is 6. The summed E-state index contributed by atoms with van der Waals surface area (Å²) in [6.45, 7) is 3.35. The molecular weight excluding hydrogens is 386 g/mol. The second-order valence-corrected chi connectivity index (χ2v) is 7.51. The Morgan fingerprint density at radius 2 is 1.83 bits per heavy atom. The molecule has 30 heavy (non-hydrogen) atoms. The molecule has 0 amide bonds. The molecule has 7 nitrogen and oxygen atoms in total. The van der Waals surface area contributed by atoms with Crippen LogP contribution in [0.5, 0.6) is 28.7 Å². The maximum Gasteiger partial charge on any atom is 0.231 e. The largest absolute Gasteiger partial charge is 0.497 e. The normalized spacial score (nSPS) is 17.4. The molecule has 2 aromatic rings. The Morgan fingerprint density at radius 3 is 2.57 bits per heavy atom. The highest BCUT2D eigenvalue weighted by Gasteiger charge is 2.24. The highest BCUT2D eigenvalue weighted by Crippen LogP contribution is 2.42. The Bertz CT molecular complexity index is 865. The van der Waals surface area contributed by atoms with Crippen molar-refractivity contribution in [1.29, 1.82) is 0 Å². The Morgan fingerprint density at radius 1 is 0.967 bits per heavy atom. The molecule has 2 aliphatic heterocycles. The quantitative estimate of drug-likeness (QED) is 0.620. The number of nitrogens with zero attached hydrogens (tertiary/aromatic N) is 1. The SMILES string of the molecule is COc1ccc(CN(Cc2cc(OC)c3c(c2)OCO3)C[C@@H]2CCCO2)c(OC)c1. The standard InChI is InChI=1S/C23H29NO6/c1-25-18-7-6-17(20(11-18)26-2)13-24(14-19-5-4-8-28-19)12-16-9-21(27-3)23-22(10-16)29-15-30-23/h6-7,9-11,19H,4-5,8,12-15H2,1-3H3/t19-/m0/s1. The summed E-state index contributed by atoms with van der Waals surface area (Å²) in [6, 6.07) is 9.98. The summed E-state index contributed by atoms with van der Waals surface area (Å²) in [4.78, 5) is 2.37. The van der Waals surface area contributed by atoms with E-state index in [0.29, 0.717) is 11.5 Å². The molecular formula is C23H29NO6. The molecule has 0 unspecified atom stereocenters. The van der Waals surface area contributed by atoms with Gasteiger partial charge in [-0.05, 0) is 36.6 Å². The maximum absolute atomic E-state index is 5.91. The first kappa shape index (κ1) is 20.6. The lowest BCUT2D eigenvalue weighted by molar-refractivity contribution is 0.0676. The van der Waals surface area contributed by atoms with E-state index in [1.54, 1.807) is 21.3 Å². The fourth-order valence-electron chi connectivity index (χ4n) is 4.02. The lowest BCUT2D eigenvalue weighted by atomic mass is 10.1. The van der Waals surface area contributed by atoms with Crippen LogP contribution in [0.1, 0.15) is 24.0 Å². The zero-order valence-corrected chi connectivity index (χ0v) is 17.8. The minimum atomic E-state index is 0.220. The van der Waals surface area contributed by atoms with Gasteiger partial charge in [0.1, 0.15) is 11.5 Å². The van der Waals surface area contributed by atoms with Gasteiger partial charge in [0.25, 0.3) is 0 Å². The molecule has 1 saturated heterocycles. The summed E-state index contributed by atoms with van der Waals surface area (Å²) in [6.07, 6.45) is 2.44. The van der Waals surface area contributed by atoms with Gasteiger partial charge in [0.15, 0.2) is 11.5 Å².